The molecule has 0 bridgehead atoms. The summed E-state index contributed by atoms with van der Waals surface area (Å²) in [5, 5.41) is 9.90. The van der Waals surface area contributed by atoms with Gasteiger partial charge >= 0.3 is 0 Å². The second-order valence-corrected chi connectivity index (χ2v) is 6.56. The maximum atomic E-state index is 12.4. The summed E-state index contributed by atoms with van der Waals surface area (Å²) in [6.45, 7) is 2.38. The zero-order chi connectivity index (χ0) is 16.2. The standard InChI is InChI=1S/C16H17ClN4OS/c1-23-15-7-6-14(18-19-15)20-8-9-21(16(22)11-20)10-12-2-4-13(17)5-3-12/h2-7H,8-11H2,1H3. The number of hydrogen-bond acceptors (Lipinski definition) is 5. The number of halogens is 1. The third kappa shape index (κ3) is 3.95. The Morgan fingerprint density at radius 2 is 1.91 bits per heavy atom. The van der Waals surface area contributed by atoms with Crippen LogP contribution in [0.3, 0.4) is 0 Å². The molecular formula is C16H17ClN4OS. The minimum atomic E-state index is 0.0990. The molecule has 3 rings (SSSR count). The first-order valence-corrected chi connectivity index (χ1v) is 8.91. The summed E-state index contributed by atoms with van der Waals surface area (Å²) in [5.74, 6) is 0.851. The van der Waals surface area contributed by atoms with Crippen LogP contribution < -0.4 is 4.90 Å². The molecular weight excluding hydrogens is 332 g/mol. The molecule has 0 N–H and O–H groups in total. The van der Waals surface area contributed by atoms with Crippen LogP contribution in [0.25, 0.3) is 0 Å². The van der Waals surface area contributed by atoms with Crippen LogP contribution in [0.4, 0.5) is 5.82 Å². The van der Waals surface area contributed by atoms with Gasteiger partial charge in [-0.15, -0.1) is 22.0 Å². The molecule has 0 spiro atoms. The summed E-state index contributed by atoms with van der Waals surface area (Å²) in [4.78, 5) is 16.2. The number of benzene rings is 1. The Labute approximate surface area is 144 Å². The van der Waals surface area contributed by atoms with Gasteiger partial charge in [0.2, 0.25) is 5.91 Å². The van der Waals surface area contributed by atoms with Crippen molar-refractivity contribution in [1.82, 2.24) is 15.1 Å². The van der Waals surface area contributed by atoms with Crippen molar-refractivity contribution in [2.75, 3.05) is 30.8 Å². The molecule has 1 aliphatic rings. The minimum absolute atomic E-state index is 0.0990. The molecule has 0 radical (unpaired) electrons. The molecule has 2 aromatic rings. The van der Waals surface area contributed by atoms with E-state index in [4.69, 9.17) is 11.6 Å². The van der Waals surface area contributed by atoms with Gasteiger partial charge in [-0.05, 0) is 36.1 Å². The van der Waals surface area contributed by atoms with Gasteiger partial charge in [-0.3, -0.25) is 4.79 Å². The third-order valence-electron chi connectivity index (χ3n) is 3.76. The van der Waals surface area contributed by atoms with E-state index in [1.807, 2.05) is 52.5 Å². The van der Waals surface area contributed by atoms with E-state index in [9.17, 15) is 4.79 Å². The first-order chi connectivity index (χ1) is 11.2. The average molecular weight is 349 g/mol. The molecule has 0 atom stereocenters. The number of hydrogen-bond donors (Lipinski definition) is 0. The van der Waals surface area contributed by atoms with E-state index in [1.165, 1.54) is 0 Å². The van der Waals surface area contributed by atoms with E-state index in [1.54, 1.807) is 11.8 Å². The maximum absolute atomic E-state index is 12.4. The van der Waals surface area contributed by atoms with Crippen LogP contribution in [0.1, 0.15) is 5.56 Å². The predicted octanol–water partition coefficient (Wildman–Crippen LogP) is 2.70. The Balaban J connectivity index is 1.62. The van der Waals surface area contributed by atoms with E-state index in [2.05, 4.69) is 10.2 Å². The van der Waals surface area contributed by atoms with Crippen LogP contribution in [-0.2, 0) is 11.3 Å². The highest BCUT2D eigenvalue weighted by molar-refractivity contribution is 7.98. The molecule has 1 fully saturated rings. The van der Waals surface area contributed by atoms with E-state index < -0.39 is 0 Å². The van der Waals surface area contributed by atoms with Gasteiger partial charge in [-0.2, -0.15) is 0 Å². The second kappa shape index (κ2) is 7.19. The minimum Gasteiger partial charge on any atom is -0.344 e. The summed E-state index contributed by atoms with van der Waals surface area (Å²) in [6.07, 6.45) is 1.96. The number of carbonyl (C=O) groups excluding carboxylic acids is 1. The van der Waals surface area contributed by atoms with Gasteiger partial charge in [0.25, 0.3) is 0 Å². The van der Waals surface area contributed by atoms with Crippen molar-refractivity contribution in [2.24, 2.45) is 0 Å². The van der Waals surface area contributed by atoms with Crippen LogP contribution in [0, 0.1) is 0 Å². The van der Waals surface area contributed by atoms with Crippen LogP contribution in [0.5, 0.6) is 0 Å². The fourth-order valence-corrected chi connectivity index (χ4v) is 2.92. The summed E-state index contributed by atoms with van der Waals surface area (Å²) >= 11 is 7.44. The Morgan fingerprint density at radius 1 is 1.13 bits per heavy atom. The number of rotatable bonds is 4. The Hall–Kier alpha value is -1.79. The van der Waals surface area contributed by atoms with Gasteiger partial charge < -0.3 is 9.80 Å². The molecule has 0 saturated carbocycles. The van der Waals surface area contributed by atoms with Crippen LogP contribution in [0.15, 0.2) is 41.4 Å². The van der Waals surface area contributed by atoms with Crippen LogP contribution in [0.2, 0.25) is 5.02 Å². The average Bonchev–Trinajstić information content (AvgIpc) is 2.59. The van der Waals surface area contributed by atoms with Gasteiger partial charge in [-0.1, -0.05) is 23.7 Å². The van der Waals surface area contributed by atoms with Crippen LogP contribution >= 0.6 is 23.4 Å². The quantitative estimate of drug-likeness (QED) is 0.795. The molecule has 120 valence electrons. The molecule has 0 aliphatic carbocycles. The summed E-state index contributed by atoms with van der Waals surface area (Å²) < 4.78 is 0. The monoisotopic (exact) mass is 348 g/mol. The molecule has 1 saturated heterocycles. The summed E-state index contributed by atoms with van der Waals surface area (Å²) in [5.41, 5.74) is 1.08. The van der Waals surface area contributed by atoms with Crippen molar-refractivity contribution in [1.29, 1.82) is 0 Å². The first kappa shape index (κ1) is 16.1. The van der Waals surface area contributed by atoms with E-state index >= 15 is 0 Å². The molecule has 5 nitrogen and oxygen atoms in total. The van der Waals surface area contributed by atoms with E-state index in [0.29, 0.717) is 24.7 Å². The third-order valence-corrected chi connectivity index (χ3v) is 4.65. The highest BCUT2D eigenvalue weighted by atomic mass is 35.5. The maximum Gasteiger partial charge on any atom is 0.242 e. The molecule has 1 amide bonds. The number of aromatic nitrogens is 2. The van der Waals surface area contributed by atoms with E-state index in [0.717, 1.165) is 23.0 Å². The molecule has 1 aliphatic heterocycles. The molecule has 7 heteroatoms. The fraction of sp³-hybridized carbons (Fsp3) is 0.312. The molecule has 0 unspecified atom stereocenters. The van der Waals surface area contributed by atoms with Gasteiger partial charge in [0.1, 0.15) is 5.03 Å². The normalized spacial score (nSPS) is 15.1. The molecule has 1 aromatic carbocycles. The van der Waals surface area contributed by atoms with Crippen molar-refractivity contribution in [3.05, 3.63) is 47.0 Å². The number of amides is 1. The fourth-order valence-electron chi connectivity index (χ4n) is 2.47. The van der Waals surface area contributed by atoms with Crippen molar-refractivity contribution in [3.63, 3.8) is 0 Å². The SMILES string of the molecule is CSc1ccc(N2CCN(Cc3ccc(Cl)cc3)C(=O)C2)nn1. The highest BCUT2D eigenvalue weighted by Gasteiger charge is 2.25. The zero-order valence-corrected chi connectivity index (χ0v) is 14.3. The summed E-state index contributed by atoms with van der Waals surface area (Å²) in [7, 11) is 0. The van der Waals surface area contributed by atoms with Crippen molar-refractivity contribution in [3.8, 4) is 0 Å². The topological polar surface area (TPSA) is 49.3 Å². The number of nitrogens with zero attached hydrogens (tertiary/aromatic N) is 4. The first-order valence-electron chi connectivity index (χ1n) is 7.30. The summed E-state index contributed by atoms with van der Waals surface area (Å²) in [6, 6.07) is 11.4. The molecule has 2 heterocycles. The van der Waals surface area contributed by atoms with Crippen LogP contribution in [-0.4, -0.2) is 46.9 Å². The number of carbonyl (C=O) groups is 1. The lowest BCUT2D eigenvalue weighted by atomic mass is 10.2. The van der Waals surface area contributed by atoms with Crippen molar-refractivity contribution in [2.45, 2.75) is 11.6 Å². The highest BCUT2D eigenvalue weighted by Crippen LogP contribution is 2.18. The van der Waals surface area contributed by atoms with Gasteiger partial charge in [0.05, 0.1) is 6.54 Å². The number of thioether (sulfide) groups is 1. The number of anilines is 1. The Kier molecular flexibility index (Phi) is 5.03. The number of piperazine rings is 1. The van der Waals surface area contributed by atoms with Gasteiger partial charge in [0.15, 0.2) is 5.82 Å². The largest absolute Gasteiger partial charge is 0.344 e. The lowest BCUT2D eigenvalue weighted by Crippen LogP contribution is -2.50. The van der Waals surface area contributed by atoms with Gasteiger partial charge in [-0.25, -0.2) is 0 Å². The smallest absolute Gasteiger partial charge is 0.242 e. The second-order valence-electron chi connectivity index (χ2n) is 5.30. The Morgan fingerprint density at radius 3 is 2.52 bits per heavy atom. The molecule has 23 heavy (non-hydrogen) atoms. The molecule has 1 aromatic heterocycles. The van der Waals surface area contributed by atoms with Crippen molar-refractivity contribution >= 4 is 35.1 Å². The van der Waals surface area contributed by atoms with Gasteiger partial charge in [0, 0.05) is 24.7 Å². The predicted molar refractivity (Wildman–Crippen MR) is 92.9 cm³/mol. The zero-order valence-electron chi connectivity index (χ0n) is 12.8. The lowest BCUT2D eigenvalue weighted by molar-refractivity contribution is -0.131. The Bertz CT molecular complexity index is 677. The van der Waals surface area contributed by atoms with Crippen molar-refractivity contribution < 1.29 is 4.79 Å². The van der Waals surface area contributed by atoms with E-state index in [-0.39, 0.29) is 5.91 Å². The lowest BCUT2D eigenvalue weighted by Gasteiger charge is -2.34.